The van der Waals surface area contributed by atoms with E-state index in [1.165, 1.54) is 40.3 Å². The SMILES string of the molecule is CCC(OC(=O)[C@H](C)[C@@H](OC1CC(C)(OC)C(OC(=O)CCNCCS(=O)(=O)c2cc3c4c(c2)c(=O)c(C(=O)O)cn4C(C)CC3)[C@H](C)O1)C(C)[C@@H](O[C@@H]1O[C@H](C)C[C@H](N(C)C)C1O)[C@@](C)(CC(C)C=O)OC)C(C)(O)C(C)O. The van der Waals surface area contributed by atoms with Crippen LogP contribution < -0.4 is 10.7 Å². The van der Waals surface area contributed by atoms with Gasteiger partial charge in [-0.2, -0.15) is 0 Å². The van der Waals surface area contributed by atoms with Gasteiger partial charge >= 0.3 is 17.9 Å². The number of esters is 2. The number of nitrogens with one attached hydrogen (secondary N) is 1. The summed E-state index contributed by atoms with van der Waals surface area (Å²) in [6.45, 7) is 18.5. The molecule has 4 heterocycles. The summed E-state index contributed by atoms with van der Waals surface area (Å²) in [5.41, 5.74) is -4.38. The summed E-state index contributed by atoms with van der Waals surface area (Å²) in [6.07, 6.45) is -6.43. The lowest BCUT2D eigenvalue weighted by atomic mass is 9.77. The summed E-state index contributed by atoms with van der Waals surface area (Å²) in [6, 6.07) is 2.34. The van der Waals surface area contributed by atoms with Crippen LogP contribution in [-0.4, -0.2) is 194 Å². The predicted octanol–water partition coefficient (Wildman–Crippen LogP) is 3.96. The second kappa shape index (κ2) is 26.9. The van der Waals surface area contributed by atoms with Gasteiger partial charge in [-0.15, -0.1) is 0 Å². The van der Waals surface area contributed by atoms with Crippen molar-refractivity contribution in [3.05, 3.63) is 39.7 Å². The number of ether oxygens (including phenoxy) is 8. The van der Waals surface area contributed by atoms with Crippen LogP contribution in [0.5, 0.6) is 0 Å². The summed E-state index contributed by atoms with van der Waals surface area (Å²) in [5, 5.41) is 46.2. The molecule has 0 saturated carbocycles. The van der Waals surface area contributed by atoms with Crippen molar-refractivity contribution in [1.82, 2.24) is 14.8 Å². The Morgan fingerprint density at radius 1 is 1.05 bits per heavy atom. The van der Waals surface area contributed by atoms with E-state index in [-0.39, 0.29) is 73.0 Å². The van der Waals surface area contributed by atoms with Crippen LogP contribution in [0.4, 0.5) is 0 Å². The standard InChI is InChI=1S/C56H89N3O19S/c1-16-42(56(11,68)36(8)61)75-52(67)34(6)48(33(5)49(54(9,71-14)26-30(2)29-60)78-53-47(64)41(58(12)13)23-32(4)73-53)77-44-27-55(10,72-15)50(35(7)74-44)76-43(62)19-20-57-21-22-79(69,70)38-24-37-18-17-31(3)59-28-40(51(65)66)46(63)39(25-38)45(37)59/h24-25,28-36,41-42,44,47-50,53,57,61,64,68H,16-23,26-27H2,1-15H3,(H,65,66)/t30?,31?,32-,33?,34-,35+,36?,41+,42?,44?,47?,48+,49-,50?,53+,54-,55?,56?/m1/s1. The highest BCUT2D eigenvalue weighted by atomic mass is 32.2. The highest BCUT2D eigenvalue weighted by molar-refractivity contribution is 7.91. The fraction of sp³-hybridized carbons (Fsp3) is 0.768. The van der Waals surface area contributed by atoms with E-state index in [0.717, 1.165) is 6.29 Å². The maximum atomic E-state index is 14.5. The van der Waals surface area contributed by atoms with Gasteiger partial charge in [0.05, 0.1) is 64.6 Å². The molecule has 5 rings (SSSR count). The van der Waals surface area contributed by atoms with Gasteiger partial charge in [-0.1, -0.05) is 20.8 Å². The summed E-state index contributed by atoms with van der Waals surface area (Å²) >= 11 is 0. The van der Waals surface area contributed by atoms with Gasteiger partial charge < -0.3 is 77.9 Å². The zero-order valence-electron chi connectivity index (χ0n) is 48.8. The third kappa shape index (κ3) is 15.0. The summed E-state index contributed by atoms with van der Waals surface area (Å²) in [5.74, 6) is -5.73. The Hall–Kier alpha value is -3.98. The van der Waals surface area contributed by atoms with Crippen molar-refractivity contribution >= 4 is 44.9 Å². The van der Waals surface area contributed by atoms with E-state index >= 15 is 0 Å². The molecule has 0 aliphatic carbocycles. The minimum absolute atomic E-state index is 0.0278. The number of aldehydes is 1. The van der Waals surface area contributed by atoms with E-state index in [0.29, 0.717) is 30.3 Å². The summed E-state index contributed by atoms with van der Waals surface area (Å²) in [4.78, 5) is 67.2. The average Bonchev–Trinajstić information content (AvgIpc) is 3.40. The molecular formula is C56H89N3O19S. The molecule has 1 aromatic heterocycles. The van der Waals surface area contributed by atoms with Gasteiger partial charge in [0.1, 0.15) is 35.3 Å². The molecule has 18 atom stereocenters. The number of carboxylic acids is 1. The second-order valence-corrected chi connectivity index (χ2v) is 25.2. The minimum atomic E-state index is -3.97. The Labute approximate surface area is 465 Å². The number of aromatic carboxylic acids is 1. The molecule has 10 unspecified atom stereocenters. The fourth-order valence-electron chi connectivity index (χ4n) is 11.5. The van der Waals surface area contributed by atoms with E-state index in [4.69, 9.17) is 37.9 Å². The fourth-order valence-corrected chi connectivity index (χ4v) is 12.8. The quantitative estimate of drug-likeness (QED) is 0.0458. The van der Waals surface area contributed by atoms with Gasteiger partial charge in [0, 0.05) is 69.2 Å². The van der Waals surface area contributed by atoms with Crippen LogP contribution in [0, 0.1) is 17.8 Å². The molecular weight excluding hydrogens is 1050 g/mol. The number of likely N-dealkylation sites (N-methyl/N-ethyl adjacent to an activating group) is 1. The number of hydrogen-bond acceptors (Lipinski definition) is 20. The number of sulfone groups is 1. The first kappa shape index (κ1) is 65.8. The molecule has 79 heavy (non-hydrogen) atoms. The van der Waals surface area contributed by atoms with Crippen LogP contribution in [0.3, 0.4) is 0 Å². The largest absolute Gasteiger partial charge is 0.477 e. The number of carbonyl (C=O) groups is 4. The first-order valence-electron chi connectivity index (χ1n) is 27.5. The van der Waals surface area contributed by atoms with Gasteiger partial charge in [0.15, 0.2) is 28.5 Å². The van der Waals surface area contributed by atoms with Crippen LogP contribution in [0.15, 0.2) is 28.0 Å². The van der Waals surface area contributed by atoms with Crippen molar-refractivity contribution in [1.29, 1.82) is 0 Å². The smallest absolute Gasteiger partial charge is 0.341 e. The molecule has 0 amide bonds. The van der Waals surface area contributed by atoms with Crippen LogP contribution in [-0.2, 0) is 68.5 Å². The first-order chi connectivity index (χ1) is 36.8. The van der Waals surface area contributed by atoms with Gasteiger partial charge in [0.2, 0.25) is 5.43 Å². The number of hydrogen-bond donors (Lipinski definition) is 5. The predicted molar refractivity (Wildman–Crippen MR) is 290 cm³/mol. The molecule has 2 saturated heterocycles. The number of carbonyl (C=O) groups excluding carboxylic acids is 3. The zero-order chi connectivity index (χ0) is 59.3. The Kier molecular flexibility index (Phi) is 22.5. The van der Waals surface area contributed by atoms with Crippen molar-refractivity contribution in [2.75, 3.05) is 47.2 Å². The van der Waals surface area contributed by atoms with E-state index in [2.05, 4.69) is 5.32 Å². The number of aromatic nitrogens is 1. The molecule has 0 radical (unpaired) electrons. The van der Waals surface area contributed by atoms with E-state index < -0.39 is 129 Å². The molecule has 0 bridgehead atoms. The third-order valence-corrected chi connectivity index (χ3v) is 18.4. The Morgan fingerprint density at radius 2 is 1.72 bits per heavy atom. The van der Waals surface area contributed by atoms with Crippen LogP contribution in [0.25, 0.3) is 10.9 Å². The number of methoxy groups -OCH3 is 2. The number of nitrogens with zero attached hydrogens (tertiary/aromatic N) is 2. The van der Waals surface area contributed by atoms with Gasteiger partial charge in [-0.05, 0) is 119 Å². The molecule has 5 N–H and O–H groups in total. The number of rotatable bonds is 28. The lowest BCUT2D eigenvalue weighted by Crippen LogP contribution is -2.61. The van der Waals surface area contributed by atoms with Crippen molar-refractivity contribution in [2.45, 2.75) is 216 Å². The molecule has 2 aromatic rings. The first-order valence-corrected chi connectivity index (χ1v) is 29.2. The van der Waals surface area contributed by atoms with Crippen molar-refractivity contribution in [3.8, 4) is 0 Å². The Morgan fingerprint density at radius 3 is 2.30 bits per heavy atom. The highest BCUT2D eigenvalue weighted by Gasteiger charge is 2.53. The van der Waals surface area contributed by atoms with E-state index in [1.54, 1.807) is 59.1 Å². The molecule has 3 aliphatic rings. The minimum Gasteiger partial charge on any atom is -0.477 e. The number of carboxylic acid groups (broad SMARTS) is 1. The van der Waals surface area contributed by atoms with Crippen molar-refractivity contribution < 1.29 is 85.9 Å². The van der Waals surface area contributed by atoms with Gasteiger partial charge in [-0.25, -0.2) is 13.2 Å². The molecule has 23 heteroatoms. The van der Waals surface area contributed by atoms with Gasteiger partial charge in [0.25, 0.3) is 0 Å². The number of aryl methyl sites for hydroxylation is 1. The number of pyridine rings is 1. The average molecular weight is 1140 g/mol. The zero-order valence-corrected chi connectivity index (χ0v) is 49.6. The number of benzene rings is 1. The number of aliphatic hydroxyl groups is 3. The Bertz CT molecular complexity index is 2610. The molecule has 448 valence electrons. The second-order valence-electron chi connectivity index (χ2n) is 23.1. The topological polar surface area (TPSA) is 294 Å². The normalized spacial score (nSPS) is 28.8. The van der Waals surface area contributed by atoms with Crippen molar-refractivity contribution in [3.63, 3.8) is 0 Å². The van der Waals surface area contributed by atoms with Crippen LogP contribution in [0.1, 0.15) is 137 Å². The monoisotopic (exact) mass is 1140 g/mol. The van der Waals surface area contributed by atoms with Crippen molar-refractivity contribution in [2.24, 2.45) is 17.8 Å². The maximum absolute atomic E-state index is 14.5. The molecule has 0 spiro atoms. The Balaban J connectivity index is 1.35. The molecule has 2 fully saturated rings. The molecule has 3 aliphatic heterocycles. The van der Waals surface area contributed by atoms with Crippen LogP contribution >= 0.6 is 0 Å². The lowest BCUT2D eigenvalue weighted by Gasteiger charge is -2.49. The van der Waals surface area contributed by atoms with Gasteiger partial charge in [-0.3, -0.25) is 14.4 Å². The van der Waals surface area contributed by atoms with Crippen LogP contribution in [0.2, 0.25) is 0 Å². The molecule has 1 aromatic carbocycles. The third-order valence-electron chi connectivity index (χ3n) is 16.7. The molecule has 22 nitrogen and oxygen atoms in total. The van der Waals surface area contributed by atoms with E-state index in [9.17, 15) is 52.8 Å². The number of aliphatic hydroxyl groups excluding tert-OH is 2. The lowest BCUT2D eigenvalue weighted by molar-refractivity contribution is -0.320. The highest BCUT2D eigenvalue weighted by Crippen LogP contribution is 2.42. The van der Waals surface area contributed by atoms with E-state index in [1.807, 2.05) is 32.8 Å². The summed E-state index contributed by atoms with van der Waals surface area (Å²) < 4.78 is 79.8. The summed E-state index contributed by atoms with van der Waals surface area (Å²) in [7, 11) is 2.64. The maximum Gasteiger partial charge on any atom is 0.341 e.